The first-order valence-corrected chi connectivity index (χ1v) is 6.03. The van der Waals surface area contributed by atoms with Crippen molar-refractivity contribution in [3.8, 4) is 11.8 Å². The Morgan fingerprint density at radius 2 is 2.38 bits per heavy atom. The monoisotopic (exact) mass is 238 g/mol. The zero-order chi connectivity index (χ0) is 12.0. The molecule has 0 saturated heterocycles. The van der Waals surface area contributed by atoms with Crippen LogP contribution in [0.25, 0.3) is 0 Å². The summed E-state index contributed by atoms with van der Waals surface area (Å²) in [6.07, 6.45) is 7.59. The van der Waals surface area contributed by atoms with E-state index in [1.807, 2.05) is 25.2 Å². The van der Waals surface area contributed by atoms with E-state index in [1.165, 1.54) is 0 Å². The molecule has 0 aromatic heterocycles. The van der Waals surface area contributed by atoms with E-state index in [4.69, 9.17) is 17.3 Å². The van der Waals surface area contributed by atoms with Crippen LogP contribution in [0.2, 0.25) is 0 Å². The molecule has 1 aliphatic rings. The van der Waals surface area contributed by atoms with Gasteiger partial charge < -0.3 is 11.1 Å². The molecule has 2 atom stereocenters. The molecular weight excluding hydrogens is 220 g/mol. The molecular formula is C13H19ClN2. The number of hydrogen-bond acceptors (Lipinski definition) is 2. The molecule has 0 aliphatic heterocycles. The van der Waals surface area contributed by atoms with Gasteiger partial charge in [-0.05, 0) is 32.0 Å². The van der Waals surface area contributed by atoms with Gasteiger partial charge in [0.05, 0.1) is 10.9 Å². The molecule has 0 aromatic carbocycles. The highest BCUT2D eigenvalue weighted by Crippen LogP contribution is 2.27. The maximum atomic E-state index is 6.37. The summed E-state index contributed by atoms with van der Waals surface area (Å²) in [6, 6.07) is 0. The van der Waals surface area contributed by atoms with E-state index in [1.54, 1.807) is 0 Å². The van der Waals surface area contributed by atoms with E-state index in [0.29, 0.717) is 6.42 Å². The van der Waals surface area contributed by atoms with E-state index in [-0.39, 0.29) is 10.9 Å². The first-order valence-electron chi connectivity index (χ1n) is 5.60. The summed E-state index contributed by atoms with van der Waals surface area (Å²) < 4.78 is 0. The smallest absolute Gasteiger partial charge is 0.0765 e. The minimum absolute atomic E-state index is 0.148. The first kappa shape index (κ1) is 13.2. The van der Waals surface area contributed by atoms with Gasteiger partial charge in [-0.3, -0.25) is 0 Å². The Kier molecular flexibility index (Phi) is 4.92. The molecule has 0 radical (unpaired) electrons. The molecule has 88 valence electrons. The van der Waals surface area contributed by atoms with Crippen molar-refractivity contribution in [1.82, 2.24) is 5.32 Å². The second-order valence-electron chi connectivity index (χ2n) is 3.97. The van der Waals surface area contributed by atoms with Gasteiger partial charge in [-0.25, -0.2) is 0 Å². The summed E-state index contributed by atoms with van der Waals surface area (Å²) >= 11 is 6.37. The summed E-state index contributed by atoms with van der Waals surface area (Å²) in [7, 11) is 0. The van der Waals surface area contributed by atoms with Crippen molar-refractivity contribution in [2.45, 2.75) is 37.6 Å². The fraction of sp³-hybridized carbons (Fsp3) is 0.538. The van der Waals surface area contributed by atoms with Crippen molar-refractivity contribution in [2.75, 3.05) is 6.54 Å². The third-order valence-corrected chi connectivity index (χ3v) is 3.18. The van der Waals surface area contributed by atoms with Crippen LogP contribution >= 0.6 is 11.6 Å². The lowest BCUT2D eigenvalue weighted by Crippen LogP contribution is -2.51. The van der Waals surface area contributed by atoms with E-state index in [2.05, 4.69) is 24.1 Å². The Labute approximate surface area is 103 Å². The molecule has 2 nitrogen and oxygen atoms in total. The van der Waals surface area contributed by atoms with Gasteiger partial charge in [0, 0.05) is 12.1 Å². The number of allylic oxidation sites excluding steroid dienone is 1. The average Bonchev–Trinajstić information content (AvgIpc) is 2.27. The second-order valence-corrected chi connectivity index (χ2v) is 4.44. The fourth-order valence-corrected chi connectivity index (χ4v) is 2.05. The van der Waals surface area contributed by atoms with Crippen molar-refractivity contribution in [3.05, 3.63) is 23.9 Å². The first-order chi connectivity index (χ1) is 7.64. The SMILES string of the molecule is CC#CCC1(NCCC)C=CC(N)=CC1Cl. The molecule has 1 rings (SSSR count). The molecule has 2 unspecified atom stereocenters. The van der Waals surface area contributed by atoms with Crippen molar-refractivity contribution >= 4 is 11.6 Å². The largest absolute Gasteiger partial charge is 0.399 e. The summed E-state index contributed by atoms with van der Waals surface area (Å²) in [5, 5.41) is 3.32. The minimum Gasteiger partial charge on any atom is -0.399 e. The molecule has 3 N–H and O–H groups in total. The van der Waals surface area contributed by atoms with Gasteiger partial charge in [0.1, 0.15) is 0 Å². The minimum atomic E-state index is -0.274. The van der Waals surface area contributed by atoms with Crippen LogP contribution in [-0.4, -0.2) is 17.5 Å². The highest BCUT2D eigenvalue weighted by molar-refractivity contribution is 6.23. The van der Waals surface area contributed by atoms with Gasteiger partial charge in [-0.1, -0.05) is 13.0 Å². The van der Waals surface area contributed by atoms with Crippen LogP contribution < -0.4 is 11.1 Å². The Morgan fingerprint density at radius 1 is 1.62 bits per heavy atom. The van der Waals surface area contributed by atoms with Crippen molar-refractivity contribution in [1.29, 1.82) is 0 Å². The quantitative estimate of drug-likeness (QED) is 0.582. The summed E-state index contributed by atoms with van der Waals surface area (Å²) in [5.74, 6) is 6.01. The van der Waals surface area contributed by atoms with Crippen LogP contribution in [0, 0.1) is 11.8 Å². The van der Waals surface area contributed by atoms with E-state index >= 15 is 0 Å². The number of rotatable bonds is 4. The lowest BCUT2D eigenvalue weighted by molar-refractivity contribution is 0.414. The molecule has 16 heavy (non-hydrogen) atoms. The highest BCUT2D eigenvalue weighted by Gasteiger charge is 2.34. The third-order valence-electron chi connectivity index (χ3n) is 2.67. The van der Waals surface area contributed by atoms with Crippen molar-refractivity contribution in [2.24, 2.45) is 5.73 Å². The van der Waals surface area contributed by atoms with Crippen molar-refractivity contribution in [3.63, 3.8) is 0 Å². The molecule has 0 aromatic rings. The molecule has 0 saturated carbocycles. The van der Waals surface area contributed by atoms with Crippen LogP contribution in [-0.2, 0) is 0 Å². The Balaban J connectivity index is 2.85. The molecule has 0 fully saturated rings. The zero-order valence-electron chi connectivity index (χ0n) is 9.89. The standard InChI is InChI=1S/C13H19ClN2/c1-3-5-7-13(16-9-4-2)8-6-11(15)10-12(13)14/h6,8,10,12,16H,4,7,9,15H2,1-2H3. The topological polar surface area (TPSA) is 38.0 Å². The predicted molar refractivity (Wildman–Crippen MR) is 70.1 cm³/mol. The maximum Gasteiger partial charge on any atom is 0.0765 e. The number of nitrogens with two attached hydrogens (primary N) is 1. The highest BCUT2D eigenvalue weighted by atomic mass is 35.5. The van der Waals surface area contributed by atoms with Crippen LogP contribution in [0.1, 0.15) is 26.7 Å². The summed E-state index contributed by atoms with van der Waals surface area (Å²) in [4.78, 5) is 0. The van der Waals surface area contributed by atoms with Crippen LogP contribution in [0.3, 0.4) is 0 Å². The van der Waals surface area contributed by atoms with Crippen LogP contribution in [0.15, 0.2) is 23.9 Å². The predicted octanol–water partition coefficient (Wildman–Crippen LogP) is 2.16. The van der Waals surface area contributed by atoms with Gasteiger partial charge in [0.25, 0.3) is 0 Å². The summed E-state index contributed by atoms with van der Waals surface area (Å²) in [6.45, 7) is 4.90. The molecule has 0 bridgehead atoms. The maximum absolute atomic E-state index is 6.37. The molecule has 0 amide bonds. The Bertz CT molecular complexity index is 349. The van der Waals surface area contributed by atoms with Gasteiger partial charge >= 0.3 is 0 Å². The number of hydrogen-bond donors (Lipinski definition) is 2. The molecule has 0 spiro atoms. The number of nitrogens with one attached hydrogen (secondary N) is 1. The third kappa shape index (κ3) is 3.04. The average molecular weight is 239 g/mol. The Hall–Kier alpha value is -0.910. The van der Waals surface area contributed by atoms with Gasteiger partial charge in [0.15, 0.2) is 0 Å². The van der Waals surface area contributed by atoms with Gasteiger partial charge in [-0.15, -0.1) is 23.4 Å². The lowest BCUT2D eigenvalue weighted by Gasteiger charge is -2.35. The fourth-order valence-electron chi connectivity index (χ4n) is 1.68. The molecule has 3 heteroatoms. The number of halogens is 1. The zero-order valence-corrected chi connectivity index (χ0v) is 10.6. The van der Waals surface area contributed by atoms with Gasteiger partial charge in [0.2, 0.25) is 0 Å². The van der Waals surface area contributed by atoms with E-state index in [0.717, 1.165) is 18.7 Å². The van der Waals surface area contributed by atoms with Crippen LogP contribution in [0.4, 0.5) is 0 Å². The Morgan fingerprint density at radius 3 is 2.94 bits per heavy atom. The van der Waals surface area contributed by atoms with Crippen molar-refractivity contribution < 1.29 is 0 Å². The number of alkyl halides is 1. The molecule has 0 heterocycles. The van der Waals surface area contributed by atoms with Gasteiger partial charge in [-0.2, -0.15) is 0 Å². The second kappa shape index (κ2) is 5.98. The van der Waals surface area contributed by atoms with E-state index in [9.17, 15) is 0 Å². The lowest BCUT2D eigenvalue weighted by atomic mass is 9.86. The van der Waals surface area contributed by atoms with Crippen LogP contribution in [0.5, 0.6) is 0 Å². The van der Waals surface area contributed by atoms with E-state index < -0.39 is 0 Å². The normalized spacial score (nSPS) is 28.2. The summed E-state index contributed by atoms with van der Waals surface area (Å²) in [5.41, 5.74) is 6.18. The molecule has 1 aliphatic carbocycles.